The number of amides is 8. The average Bonchev–Trinajstić information content (AvgIpc) is 0.794. The minimum Gasteiger partial charge on any atom is -0.463 e. The van der Waals surface area contributed by atoms with Gasteiger partial charge in [-0.15, -0.1) is 0 Å². The minimum atomic E-state index is -1.52. The Hall–Kier alpha value is -10.3. The molecule has 8 amide bonds. The van der Waals surface area contributed by atoms with E-state index in [1.165, 1.54) is 20.8 Å². The van der Waals surface area contributed by atoms with Crippen molar-refractivity contribution in [3.63, 3.8) is 0 Å². The molecule has 0 aromatic rings. The van der Waals surface area contributed by atoms with Crippen LogP contribution in [0.2, 0.25) is 0 Å². The van der Waals surface area contributed by atoms with Crippen LogP contribution in [0.3, 0.4) is 0 Å². The maximum absolute atomic E-state index is 14.0. The zero-order valence-corrected chi connectivity index (χ0v) is 79.3. The maximum Gasteiger partial charge on any atom is 0.303 e. The number of ether oxygens (including phenoxy) is 24. The highest BCUT2D eigenvalue weighted by Gasteiger charge is 2.55. The Morgan fingerprint density at radius 2 is 0.559 bits per heavy atom. The van der Waals surface area contributed by atoms with Crippen LogP contribution in [-0.2, 0) is 195 Å². The zero-order valence-electron chi connectivity index (χ0n) is 79.3. The first kappa shape index (κ1) is 120. The molecule has 3 heterocycles. The Morgan fingerprint density at radius 1 is 0.294 bits per heavy atom. The monoisotopic (exact) mass is 1960 g/mol. The molecule has 3 aliphatic heterocycles. The second kappa shape index (κ2) is 70.3. The van der Waals surface area contributed by atoms with Gasteiger partial charge in [-0.3, -0.25) is 81.5 Å². The standard InChI is InChI=1S/C84H137N11O41/c1-52(96)91-72-78(131-61(10)105)75(128-58(7)102)64(46-125-55(4)99)134-81(72)122-43-40-116-37-34-113-31-25-87-68(109)20-28-119-49-84(94-71(112)19-16-14-13-15-18-67(108)86-23-17-24-90-95-85,50-120-29-21-69(110)88-26-32-114-35-38-117-41-44-123-82-73(92-53(2)97)79(132-62(11)106)76(129-59(8)103)65(135-82)47-126-56(5)100)51-121-30-22-70(111)89-27-33-115-36-39-118-42-45-124-83-74(93-54(3)98)80(133-63(12)107)77(130-60(9)104)66(136-83)48-127-57(6)101/h64-66,72-83H,13-51H2,1-12H3,(H,86,108)(H,87,109)(H,88,110)(H,89,111)(H,91,96)(H,92,97)(H,93,98)(H,94,112). The van der Waals surface area contributed by atoms with E-state index < -0.39 is 212 Å². The average molecular weight is 1960 g/mol. The third-order valence-electron chi connectivity index (χ3n) is 18.9. The molecular formula is C84H137N11O41. The molecule has 0 spiro atoms. The van der Waals surface area contributed by atoms with Crippen LogP contribution in [0.25, 0.3) is 10.4 Å². The second-order valence-corrected chi connectivity index (χ2v) is 30.8. The van der Waals surface area contributed by atoms with Crippen molar-refractivity contribution in [2.75, 3.05) is 191 Å². The van der Waals surface area contributed by atoms with Crippen LogP contribution >= 0.6 is 0 Å². The van der Waals surface area contributed by atoms with Crippen LogP contribution in [0.15, 0.2) is 5.11 Å². The van der Waals surface area contributed by atoms with Crippen LogP contribution in [0.1, 0.15) is 147 Å². The molecule has 0 saturated carbocycles. The van der Waals surface area contributed by atoms with E-state index >= 15 is 0 Å². The summed E-state index contributed by atoms with van der Waals surface area (Å²) in [4.78, 5) is 214. The summed E-state index contributed by atoms with van der Waals surface area (Å²) in [5, 5.41) is 25.2. The third kappa shape index (κ3) is 54.6. The van der Waals surface area contributed by atoms with Gasteiger partial charge >= 0.3 is 53.7 Å². The minimum absolute atomic E-state index is 0.00218. The largest absolute Gasteiger partial charge is 0.463 e. The Kier molecular flexibility index (Phi) is 62.0. The molecule has 8 N–H and O–H groups in total. The predicted molar refractivity (Wildman–Crippen MR) is 460 cm³/mol. The van der Waals surface area contributed by atoms with Gasteiger partial charge < -0.3 is 156 Å². The predicted octanol–water partition coefficient (Wildman–Crippen LogP) is -2.31. The van der Waals surface area contributed by atoms with E-state index in [1.54, 1.807) is 0 Å². The van der Waals surface area contributed by atoms with Gasteiger partial charge in [0.2, 0.25) is 47.3 Å². The summed E-state index contributed by atoms with van der Waals surface area (Å²) in [6.45, 7) is 11.7. The second-order valence-electron chi connectivity index (χ2n) is 30.8. The van der Waals surface area contributed by atoms with Crippen molar-refractivity contribution in [3.05, 3.63) is 10.4 Å². The quantitative estimate of drug-likeness (QED) is 0.00792. The lowest BCUT2D eigenvalue weighted by Gasteiger charge is -2.44. The van der Waals surface area contributed by atoms with Gasteiger partial charge in [0.1, 0.15) is 61.8 Å². The van der Waals surface area contributed by atoms with Crippen LogP contribution in [-0.4, -0.2) is 390 Å². The highest BCUT2D eigenvalue weighted by Crippen LogP contribution is 2.32. The van der Waals surface area contributed by atoms with Crippen LogP contribution in [0.4, 0.5) is 0 Å². The summed E-state index contributed by atoms with van der Waals surface area (Å²) in [6, 6.07) is -3.56. The van der Waals surface area contributed by atoms with Gasteiger partial charge in [0.15, 0.2) is 55.5 Å². The molecule has 0 aromatic carbocycles. The number of hydrogen-bond acceptors (Lipinski definition) is 42. The van der Waals surface area contributed by atoms with Gasteiger partial charge in [0.05, 0.1) is 139 Å². The number of azide groups is 1. The molecule has 774 valence electrons. The Balaban J connectivity index is 1.68. The topological polar surface area (TPSA) is 657 Å². The fourth-order valence-corrected chi connectivity index (χ4v) is 13.3. The number of rotatable bonds is 72. The molecule has 3 aliphatic rings. The van der Waals surface area contributed by atoms with Crippen molar-refractivity contribution in [2.24, 2.45) is 5.11 Å². The number of esters is 9. The molecule has 15 atom stereocenters. The van der Waals surface area contributed by atoms with E-state index in [2.05, 4.69) is 52.6 Å². The van der Waals surface area contributed by atoms with E-state index in [1.807, 2.05) is 0 Å². The van der Waals surface area contributed by atoms with Crippen molar-refractivity contribution >= 4 is 101 Å². The van der Waals surface area contributed by atoms with Crippen molar-refractivity contribution in [1.82, 2.24) is 42.5 Å². The fraction of sp³-hybridized carbons (Fsp3) is 0.798. The Labute approximate surface area is 787 Å². The maximum atomic E-state index is 14.0. The molecule has 52 nitrogen and oxygen atoms in total. The van der Waals surface area contributed by atoms with Gasteiger partial charge in [-0.25, -0.2) is 0 Å². The number of carbonyl (C=O) groups excluding carboxylic acids is 17. The van der Waals surface area contributed by atoms with E-state index in [0.29, 0.717) is 38.6 Å². The molecule has 52 heteroatoms. The van der Waals surface area contributed by atoms with Crippen LogP contribution in [0.5, 0.6) is 0 Å². The van der Waals surface area contributed by atoms with E-state index in [0.717, 1.165) is 62.3 Å². The summed E-state index contributed by atoms with van der Waals surface area (Å²) >= 11 is 0. The molecule has 15 unspecified atom stereocenters. The van der Waals surface area contributed by atoms with Gasteiger partial charge in [-0.2, -0.15) is 0 Å². The molecule has 3 fully saturated rings. The fourth-order valence-electron chi connectivity index (χ4n) is 13.3. The molecule has 0 radical (unpaired) electrons. The third-order valence-corrected chi connectivity index (χ3v) is 18.9. The summed E-state index contributed by atoms with van der Waals surface area (Å²) in [5.74, 6) is -10.3. The molecule has 0 aliphatic carbocycles. The Bertz CT molecular complexity index is 3420. The van der Waals surface area contributed by atoms with Crippen molar-refractivity contribution < 1.29 is 195 Å². The summed E-state index contributed by atoms with van der Waals surface area (Å²) in [7, 11) is 0. The van der Waals surface area contributed by atoms with Gasteiger partial charge in [0, 0.05) is 153 Å². The van der Waals surface area contributed by atoms with Crippen LogP contribution in [0, 0.1) is 0 Å². The van der Waals surface area contributed by atoms with Gasteiger partial charge in [-0.1, -0.05) is 18.0 Å². The van der Waals surface area contributed by atoms with Crippen LogP contribution < -0.4 is 42.5 Å². The first-order chi connectivity index (χ1) is 64.9. The van der Waals surface area contributed by atoms with Gasteiger partial charge in [0.25, 0.3) is 0 Å². The number of hydrogen-bond donors (Lipinski definition) is 8. The molecule has 3 saturated heterocycles. The number of nitrogens with zero attached hydrogens (tertiary/aromatic N) is 3. The van der Waals surface area contributed by atoms with E-state index in [4.69, 9.17) is 119 Å². The zero-order chi connectivity index (χ0) is 101. The normalized spacial score (nSPS) is 21.5. The highest BCUT2D eigenvalue weighted by atomic mass is 16.7. The Morgan fingerprint density at radius 3 is 0.838 bits per heavy atom. The number of unbranched alkanes of at least 4 members (excludes halogenated alkanes) is 3. The van der Waals surface area contributed by atoms with Gasteiger partial charge in [-0.05, 0) is 24.8 Å². The van der Waals surface area contributed by atoms with E-state index in [-0.39, 0.29) is 203 Å². The number of nitrogens with one attached hydrogen (secondary N) is 8. The molecule has 0 aromatic heterocycles. The molecule has 0 bridgehead atoms. The summed E-state index contributed by atoms with van der Waals surface area (Å²) in [5.41, 5.74) is 7.01. The molecule has 3 rings (SSSR count). The summed E-state index contributed by atoms with van der Waals surface area (Å²) < 4.78 is 136. The lowest BCUT2D eigenvalue weighted by molar-refractivity contribution is -0.279. The first-order valence-electron chi connectivity index (χ1n) is 44.6. The summed E-state index contributed by atoms with van der Waals surface area (Å²) in [6.07, 6.45) is -13.2. The van der Waals surface area contributed by atoms with Crippen molar-refractivity contribution in [2.45, 2.75) is 245 Å². The number of carbonyl (C=O) groups is 17. The SMILES string of the molecule is CC(=O)NC1C(OCCOCCOCCNC(=O)CCOCC(COCCC(=O)NCCOCCOCCOC2OC(COC(C)=O)C(OC(C)=O)C(OC(C)=O)C2NC(C)=O)(COCCC(=O)NCCOCCOCCOC2OC(COC(C)=O)C(OC(C)=O)C(OC(C)=O)C2NC(C)=O)NC(=O)CCCCCCC(=O)NCCCN=[N+]=[N-])OC(COC(C)=O)C(OC(C)=O)C1OC(C)=O. The lowest BCUT2D eigenvalue weighted by atomic mass is 9.96. The van der Waals surface area contributed by atoms with E-state index in [9.17, 15) is 81.5 Å². The van der Waals surface area contributed by atoms with Crippen molar-refractivity contribution in [3.8, 4) is 0 Å². The smallest absolute Gasteiger partial charge is 0.303 e. The first-order valence-corrected chi connectivity index (χ1v) is 44.6. The highest BCUT2D eigenvalue weighted by molar-refractivity contribution is 5.79. The van der Waals surface area contributed by atoms with Crippen molar-refractivity contribution in [1.29, 1.82) is 0 Å². The molecular weight excluding hydrogens is 1820 g/mol. The molecule has 136 heavy (non-hydrogen) atoms. The lowest BCUT2D eigenvalue weighted by Crippen LogP contribution is -2.66.